The quantitative estimate of drug-likeness (QED) is 0.725. The molecule has 1 saturated heterocycles. The van der Waals surface area contributed by atoms with Gasteiger partial charge in [-0.25, -0.2) is 0 Å². The maximum absolute atomic E-state index is 5.69. The van der Waals surface area contributed by atoms with Crippen LogP contribution in [0.5, 0.6) is 0 Å². The van der Waals surface area contributed by atoms with Crippen molar-refractivity contribution in [1.82, 2.24) is 4.90 Å². The van der Waals surface area contributed by atoms with Gasteiger partial charge in [0.05, 0.1) is 13.2 Å². The third-order valence-electron chi connectivity index (χ3n) is 4.13. The van der Waals surface area contributed by atoms with Crippen molar-refractivity contribution in [2.75, 3.05) is 32.8 Å². The predicted octanol–water partition coefficient (Wildman–Crippen LogP) is 2.64. The van der Waals surface area contributed by atoms with Crippen molar-refractivity contribution in [1.29, 1.82) is 0 Å². The lowest BCUT2D eigenvalue weighted by molar-refractivity contribution is -0.0517. The van der Waals surface area contributed by atoms with E-state index in [4.69, 9.17) is 10.5 Å². The van der Waals surface area contributed by atoms with Gasteiger partial charge in [0.1, 0.15) is 0 Å². The van der Waals surface area contributed by atoms with Crippen molar-refractivity contribution in [2.45, 2.75) is 58.4 Å². The largest absolute Gasteiger partial charge is 0.378 e. The molecule has 1 aliphatic rings. The second-order valence-corrected chi connectivity index (χ2v) is 6.23. The fraction of sp³-hybridized carbons (Fsp3) is 1.00. The van der Waals surface area contributed by atoms with Crippen molar-refractivity contribution in [3.8, 4) is 0 Å². The van der Waals surface area contributed by atoms with E-state index in [9.17, 15) is 0 Å². The molecule has 0 aliphatic carbocycles. The van der Waals surface area contributed by atoms with E-state index in [0.717, 1.165) is 32.2 Å². The SMILES string of the molecule is CCCC(CCN)CCCN1CCOCC1(C)C. The van der Waals surface area contributed by atoms with Crippen LogP contribution in [-0.4, -0.2) is 43.3 Å². The minimum atomic E-state index is 0.215. The van der Waals surface area contributed by atoms with E-state index in [1.165, 1.54) is 38.6 Å². The Kier molecular flexibility index (Phi) is 7.20. The molecule has 3 nitrogen and oxygen atoms in total. The molecule has 0 radical (unpaired) electrons. The Morgan fingerprint density at radius 1 is 1.28 bits per heavy atom. The zero-order valence-electron chi connectivity index (χ0n) is 12.6. The molecule has 18 heavy (non-hydrogen) atoms. The number of hydrogen-bond donors (Lipinski definition) is 1. The highest BCUT2D eigenvalue weighted by atomic mass is 16.5. The normalized spacial score (nSPS) is 22.0. The monoisotopic (exact) mass is 256 g/mol. The van der Waals surface area contributed by atoms with Crippen LogP contribution < -0.4 is 5.73 Å². The number of hydrogen-bond acceptors (Lipinski definition) is 3. The minimum Gasteiger partial charge on any atom is -0.378 e. The third-order valence-corrected chi connectivity index (χ3v) is 4.13. The molecule has 0 amide bonds. The molecule has 0 saturated carbocycles. The number of morpholine rings is 1. The van der Waals surface area contributed by atoms with Crippen LogP contribution >= 0.6 is 0 Å². The molecule has 1 fully saturated rings. The van der Waals surface area contributed by atoms with Gasteiger partial charge in [-0.05, 0) is 52.1 Å². The third kappa shape index (κ3) is 5.25. The van der Waals surface area contributed by atoms with E-state index < -0.39 is 0 Å². The fourth-order valence-electron chi connectivity index (χ4n) is 2.95. The Bertz CT molecular complexity index is 213. The summed E-state index contributed by atoms with van der Waals surface area (Å²) in [5, 5.41) is 0. The van der Waals surface area contributed by atoms with Crippen molar-refractivity contribution in [3.63, 3.8) is 0 Å². The van der Waals surface area contributed by atoms with Crippen LogP contribution in [0.25, 0.3) is 0 Å². The minimum absolute atomic E-state index is 0.215. The number of ether oxygens (including phenoxy) is 1. The number of rotatable bonds is 8. The lowest BCUT2D eigenvalue weighted by Crippen LogP contribution is -2.53. The van der Waals surface area contributed by atoms with Crippen molar-refractivity contribution in [3.05, 3.63) is 0 Å². The lowest BCUT2D eigenvalue weighted by Gasteiger charge is -2.42. The van der Waals surface area contributed by atoms with E-state index >= 15 is 0 Å². The molecule has 1 aliphatic heterocycles. The van der Waals surface area contributed by atoms with Gasteiger partial charge < -0.3 is 10.5 Å². The molecular weight excluding hydrogens is 224 g/mol. The molecule has 3 heteroatoms. The first-order chi connectivity index (χ1) is 8.60. The smallest absolute Gasteiger partial charge is 0.0645 e. The van der Waals surface area contributed by atoms with Crippen LogP contribution in [0.2, 0.25) is 0 Å². The van der Waals surface area contributed by atoms with Gasteiger partial charge in [-0.15, -0.1) is 0 Å². The summed E-state index contributed by atoms with van der Waals surface area (Å²) < 4.78 is 5.56. The zero-order chi connectivity index (χ0) is 13.4. The topological polar surface area (TPSA) is 38.5 Å². The second-order valence-electron chi connectivity index (χ2n) is 6.23. The van der Waals surface area contributed by atoms with Gasteiger partial charge in [0, 0.05) is 12.1 Å². The highest BCUT2D eigenvalue weighted by Crippen LogP contribution is 2.22. The van der Waals surface area contributed by atoms with Gasteiger partial charge in [0.15, 0.2) is 0 Å². The van der Waals surface area contributed by atoms with Crippen LogP contribution in [0.1, 0.15) is 52.9 Å². The molecule has 0 bridgehead atoms. The average molecular weight is 256 g/mol. The first-order valence-electron chi connectivity index (χ1n) is 7.63. The summed E-state index contributed by atoms with van der Waals surface area (Å²) in [6.07, 6.45) is 6.45. The Hall–Kier alpha value is -0.120. The van der Waals surface area contributed by atoms with Crippen molar-refractivity contribution >= 4 is 0 Å². The van der Waals surface area contributed by atoms with E-state index in [0.29, 0.717) is 0 Å². The molecule has 1 heterocycles. The molecule has 2 N–H and O–H groups in total. The van der Waals surface area contributed by atoms with Gasteiger partial charge in [-0.1, -0.05) is 19.8 Å². The maximum atomic E-state index is 5.69. The average Bonchev–Trinajstić information content (AvgIpc) is 2.31. The lowest BCUT2D eigenvalue weighted by atomic mass is 9.93. The van der Waals surface area contributed by atoms with E-state index in [1.807, 2.05) is 0 Å². The molecule has 108 valence electrons. The van der Waals surface area contributed by atoms with Gasteiger partial charge in [0.2, 0.25) is 0 Å². The van der Waals surface area contributed by atoms with Crippen LogP contribution in [-0.2, 0) is 4.74 Å². The van der Waals surface area contributed by atoms with Gasteiger partial charge in [-0.3, -0.25) is 4.90 Å². The Labute approximate surface area is 113 Å². The van der Waals surface area contributed by atoms with Crippen LogP contribution in [0.15, 0.2) is 0 Å². The van der Waals surface area contributed by atoms with Crippen LogP contribution in [0, 0.1) is 5.92 Å². The fourth-order valence-corrected chi connectivity index (χ4v) is 2.95. The van der Waals surface area contributed by atoms with Crippen molar-refractivity contribution in [2.24, 2.45) is 11.7 Å². The summed E-state index contributed by atoms with van der Waals surface area (Å²) in [5.41, 5.74) is 5.91. The molecular formula is C15H32N2O. The highest BCUT2D eigenvalue weighted by molar-refractivity contribution is 4.84. The first-order valence-corrected chi connectivity index (χ1v) is 7.63. The first kappa shape index (κ1) is 15.9. The number of nitrogens with zero attached hydrogens (tertiary/aromatic N) is 1. The van der Waals surface area contributed by atoms with E-state index in [1.54, 1.807) is 0 Å². The van der Waals surface area contributed by atoms with E-state index in [-0.39, 0.29) is 5.54 Å². The second kappa shape index (κ2) is 8.13. The predicted molar refractivity (Wildman–Crippen MR) is 77.8 cm³/mol. The molecule has 1 rings (SSSR count). The molecule has 1 atom stereocenters. The number of nitrogens with two attached hydrogens (primary N) is 1. The Morgan fingerprint density at radius 3 is 2.67 bits per heavy atom. The summed E-state index contributed by atoms with van der Waals surface area (Å²) in [4.78, 5) is 2.59. The molecule has 0 aromatic rings. The van der Waals surface area contributed by atoms with Crippen LogP contribution in [0.3, 0.4) is 0 Å². The summed E-state index contributed by atoms with van der Waals surface area (Å²) in [6, 6.07) is 0. The molecule has 0 aromatic carbocycles. The molecule has 0 aromatic heterocycles. The van der Waals surface area contributed by atoms with Gasteiger partial charge >= 0.3 is 0 Å². The van der Waals surface area contributed by atoms with Crippen molar-refractivity contribution < 1.29 is 4.74 Å². The maximum Gasteiger partial charge on any atom is 0.0645 e. The highest BCUT2D eigenvalue weighted by Gasteiger charge is 2.29. The molecule has 1 unspecified atom stereocenters. The van der Waals surface area contributed by atoms with Gasteiger partial charge in [-0.2, -0.15) is 0 Å². The van der Waals surface area contributed by atoms with Gasteiger partial charge in [0.25, 0.3) is 0 Å². The van der Waals surface area contributed by atoms with Crippen LogP contribution in [0.4, 0.5) is 0 Å². The standard InChI is InChI=1S/C15H32N2O/c1-4-6-14(8-9-16)7-5-10-17-11-12-18-13-15(17,2)3/h14H,4-13,16H2,1-3H3. The summed E-state index contributed by atoms with van der Waals surface area (Å²) in [6.45, 7) is 11.7. The Morgan fingerprint density at radius 2 is 2.06 bits per heavy atom. The van der Waals surface area contributed by atoms with E-state index in [2.05, 4.69) is 25.7 Å². The summed E-state index contributed by atoms with van der Waals surface area (Å²) in [5.74, 6) is 0.837. The zero-order valence-corrected chi connectivity index (χ0v) is 12.6. The summed E-state index contributed by atoms with van der Waals surface area (Å²) in [7, 11) is 0. The summed E-state index contributed by atoms with van der Waals surface area (Å²) >= 11 is 0. The molecule has 0 spiro atoms. The Balaban J connectivity index is 2.26.